The third-order valence-corrected chi connectivity index (χ3v) is 5.04. The molecule has 1 amide bonds. The van der Waals surface area contributed by atoms with Crippen LogP contribution in [0.5, 0.6) is 0 Å². The first-order valence-corrected chi connectivity index (χ1v) is 8.55. The second kappa shape index (κ2) is 5.76. The van der Waals surface area contributed by atoms with Crippen LogP contribution >= 0.6 is 11.3 Å². The molecule has 4 aromatic rings. The Hall–Kier alpha value is -2.66. The van der Waals surface area contributed by atoms with Crippen LogP contribution in [0.2, 0.25) is 0 Å². The molecule has 4 nitrogen and oxygen atoms in total. The molecule has 2 aromatic carbocycles. The quantitative estimate of drug-likeness (QED) is 0.595. The van der Waals surface area contributed by atoms with Crippen molar-refractivity contribution in [2.45, 2.75) is 20.4 Å². The molecule has 0 fully saturated rings. The molecule has 0 aliphatic carbocycles. The van der Waals surface area contributed by atoms with E-state index >= 15 is 0 Å². The number of rotatable bonds is 3. The summed E-state index contributed by atoms with van der Waals surface area (Å²) >= 11 is 1.58. The standard InChI is InChI=1S/C19H16N2O2S/c1-11-15-8-7-13-5-3-4-6-16(13)18(15)23-17(11)19(22)21-10-14-9-20-12(2)24-14/h3-9H,10H2,1-2H3,(H,21,22). The number of benzene rings is 2. The van der Waals surface area contributed by atoms with E-state index < -0.39 is 0 Å². The fourth-order valence-electron chi connectivity index (χ4n) is 2.90. The van der Waals surface area contributed by atoms with Gasteiger partial charge in [0.05, 0.1) is 11.6 Å². The lowest BCUT2D eigenvalue weighted by Gasteiger charge is -2.01. The smallest absolute Gasteiger partial charge is 0.287 e. The molecule has 2 aromatic heterocycles. The molecule has 0 bridgehead atoms. The van der Waals surface area contributed by atoms with E-state index in [0.29, 0.717) is 12.3 Å². The molecule has 5 heteroatoms. The predicted molar refractivity (Wildman–Crippen MR) is 96.5 cm³/mol. The molecule has 4 rings (SSSR count). The van der Waals surface area contributed by atoms with Gasteiger partial charge in [0, 0.05) is 27.4 Å². The molecule has 1 N–H and O–H groups in total. The van der Waals surface area contributed by atoms with Gasteiger partial charge < -0.3 is 9.73 Å². The summed E-state index contributed by atoms with van der Waals surface area (Å²) in [6.07, 6.45) is 1.79. The summed E-state index contributed by atoms with van der Waals surface area (Å²) in [6, 6.07) is 12.1. The topological polar surface area (TPSA) is 55.1 Å². The molecular formula is C19H16N2O2S. The number of carbonyl (C=O) groups excluding carboxylic acids is 1. The minimum atomic E-state index is -0.196. The van der Waals surface area contributed by atoms with Gasteiger partial charge in [0.1, 0.15) is 5.58 Å². The van der Waals surface area contributed by atoms with Crippen molar-refractivity contribution >= 4 is 39.0 Å². The summed E-state index contributed by atoms with van der Waals surface area (Å²) in [5.74, 6) is 0.182. The monoisotopic (exact) mass is 336 g/mol. The molecule has 0 radical (unpaired) electrons. The zero-order chi connectivity index (χ0) is 16.7. The van der Waals surface area contributed by atoms with E-state index in [1.54, 1.807) is 17.5 Å². The molecule has 0 aliphatic rings. The molecule has 0 unspecified atom stereocenters. The van der Waals surface area contributed by atoms with Gasteiger partial charge in [-0.3, -0.25) is 4.79 Å². The highest BCUT2D eigenvalue weighted by molar-refractivity contribution is 7.11. The number of thiazole rings is 1. The maximum absolute atomic E-state index is 12.5. The van der Waals surface area contributed by atoms with Gasteiger partial charge in [0.15, 0.2) is 5.76 Å². The molecule has 2 heterocycles. The minimum absolute atomic E-state index is 0.196. The zero-order valence-corrected chi connectivity index (χ0v) is 14.2. The fourth-order valence-corrected chi connectivity index (χ4v) is 3.64. The highest BCUT2D eigenvalue weighted by Crippen LogP contribution is 2.31. The van der Waals surface area contributed by atoms with Crippen LogP contribution in [0.3, 0.4) is 0 Å². The normalized spacial score (nSPS) is 11.2. The van der Waals surface area contributed by atoms with Gasteiger partial charge in [-0.15, -0.1) is 11.3 Å². The number of fused-ring (bicyclic) bond motifs is 3. The Bertz CT molecular complexity index is 1060. The third kappa shape index (κ3) is 2.47. The number of aryl methyl sites for hydroxylation is 2. The van der Waals surface area contributed by atoms with E-state index in [9.17, 15) is 4.79 Å². The highest BCUT2D eigenvalue weighted by atomic mass is 32.1. The van der Waals surface area contributed by atoms with Crippen molar-refractivity contribution in [3.05, 3.63) is 63.8 Å². The molecule has 0 saturated heterocycles. The van der Waals surface area contributed by atoms with Crippen molar-refractivity contribution in [2.24, 2.45) is 0 Å². The maximum Gasteiger partial charge on any atom is 0.287 e. The van der Waals surface area contributed by atoms with E-state index in [1.165, 1.54) is 0 Å². The molecule has 0 aliphatic heterocycles. The average Bonchev–Trinajstić information content (AvgIpc) is 3.16. The van der Waals surface area contributed by atoms with Gasteiger partial charge in [-0.2, -0.15) is 0 Å². The molecule has 24 heavy (non-hydrogen) atoms. The van der Waals surface area contributed by atoms with E-state index in [2.05, 4.69) is 16.4 Å². The number of carbonyl (C=O) groups is 1. The molecule has 0 atom stereocenters. The summed E-state index contributed by atoms with van der Waals surface area (Å²) in [4.78, 5) is 17.8. The van der Waals surface area contributed by atoms with Crippen LogP contribution in [0, 0.1) is 13.8 Å². The van der Waals surface area contributed by atoms with Crippen LogP contribution in [-0.2, 0) is 6.54 Å². The lowest BCUT2D eigenvalue weighted by Crippen LogP contribution is -2.22. The van der Waals surface area contributed by atoms with Gasteiger partial charge in [-0.05, 0) is 19.2 Å². The zero-order valence-electron chi connectivity index (χ0n) is 13.4. The molecule has 120 valence electrons. The Morgan fingerprint density at radius 1 is 1.17 bits per heavy atom. The van der Waals surface area contributed by atoms with E-state index in [4.69, 9.17) is 4.42 Å². The minimum Gasteiger partial charge on any atom is -0.450 e. The number of nitrogens with one attached hydrogen (secondary N) is 1. The van der Waals surface area contributed by atoms with Crippen LogP contribution in [-0.4, -0.2) is 10.9 Å². The fraction of sp³-hybridized carbons (Fsp3) is 0.158. The second-order valence-electron chi connectivity index (χ2n) is 5.75. The number of hydrogen-bond donors (Lipinski definition) is 1. The number of aromatic nitrogens is 1. The van der Waals surface area contributed by atoms with Crippen molar-refractivity contribution in [3.63, 3.8) is 0 Å². The van der Waals surface area contributed by atoms with Crippen LogP contribution in [0.1, 0.15) is 26.0 Å². The first kappa shape index (κ1) is 14.9. The Labute approximate surface area is 143 Å². The summed E-state index contributed by atoms with van der Waals surface area (Å²) in [6.45, 7) is 4.33. The average molecular weight is 336 g/mol. The van der Waals surface area contributed by atoms with Gasteiger partial charge >= 0.3 is 0 Å². The predicted octanol–water partition coefficient (Wildman–Crippen LogP) is 4.59. The van der Waals surface area contributed by atoms with Crippen molar-refractivity contribution in [1.29, 1.82) is 0 Å². The Morgan fingerprint density at radius 2 is 2.00 bits per heavy atom. The van der Waals surface area contributed by atoms with Crippen LogP contribution in [0.15, 0.2) is 47.0 Å². The van der Waals surface area contributed by atoms with E-state index in [0.717, 1.165) is 37.2 Å². The molecule has 0 spiro atoms. The molecule has 0 saturated carbocycles. The first-order chi connectivity index (χ1) is 11.6. The van der Waals surface area contributed by atoms with Crippen molar-refractivity contribution in [3.8, 4) is 0 Å². The lowest BCUT2D eigenvalue weighted by molar-refractivity contribution is 0.0925. The lowest BCUT2D eigenvalue weighted by atomic mass is 10.1. The van der Waals surface area contributed by atoms with Crippen molar-refractivity contribution in [1.82, 2.24) is 10.3 Å². The molecular weight excluding hydrogens is 320 g/mol. The third-order valence-electron chi connectivity index (χ3n) is 4.13. The Kier molecular flexibility index (Phi) is 3.58. The van der Waals surface area contributed by atoms with Crippen molar-refractivity contribution < 1.29 is 9.21 Å². The maximum atomic E-state index is 12.5. The number of furan rings is 1. The van der Waals surface area contributed by atoms with Gasteiger partial charge in [0.2, 0.25) is 0 Å². The number of amides is 1. The first-order valence-electron chi connectivity index (χ1n) is 7.74. The van der Waals surface area contributed by atoms with Gasteiger partial charge in [0.25, 0.3) is 5.91 Å². The summed E-state index contributed by atoms with van der Waals surface area (Å²) < 4.78 is 5.94. The van der Waals surface area contributed by atoms with E-state index in [-0.39, 0.29) is 5.91 Å². The van der Waals surface area contributed by atoms with Crippen LogP contribution in [0.25, 0.3) is 21.7 Å². The highest BCUT2D eigenvalue weighted by Gasteiger charge is 2.19. The summed E-state index contributed by atoms with van der Waals surface area (Å²) in [5.41, 5.74) is 1.64. The summed E-state index contributed by atoms with van der Waals surface area (Å²) in [7, 11) is 0. The van der Waals surface area contributed by atoms with Crippen LogP contribution in [0.4, 0.5) is 0 Å². The van der Waals surface area contributed by atoms with E-state index in [1.807, 2.05) is 44.2 Å². The van der Waals surface area contributed by atoms with Crippen LogP contribution < -0.4 is 5.32 Å². The van der Waals surface area contributed by atoms with Gasteiger partial charge in [-0.1, -0.05) is 36.4 Å². The number of nitrogens with zero attached hydrogens (tertiary/aromatic N) is 1. The summed E-state index contributed by atoms with van der Waals surface area (Å²) in [5, 5.41) is 7.01. The Balaban J connectivity index is 1.69. The van der Waals surface area contributed by atoms with Gasteiger partial charge in [-0.25, -0.2) is 4.98 Å². The second-order valence-corrected chi connectivity index (χ2v) is 7.07. The SMILES string of the molecule is Cc1ncc(CNC(=O)c2oc3c(ccc4ccccc43)c2C)s1. The van der Waals surface area contributed by atoms with Crippen molar-refractivity contribution in [2.75, 3.05) is 0 Å². The number of hydrogen-bond acceptors (Lipinski definition) is 4. The Morgan fingerprint density at radius 3 is 2.79 bits per heavy atom. The largest absolute Gasteiger partial charge is 0.450 e.